The Hall–Kier alpha value is -2.51. The predicted molar refractivity (Wildman–Crippen MR) is 117 cm³/mol. The summed E-state index contributed by atoms with van der Waals surface area (Å²) in [6.07, 6.45) is 6.41. The van der Waals surface area contributed by atoms with Gasteiger partial charge in [-0.05, 0) is 43.5 Å². The van der Waals surface area contributed by atoms with Crippen LogP contribution in [-0.4, -0.2) is 71.1 Å². The van der Waals surface area contributed by atoms with Crippen molar-refractivity contribution in [3.05, 3.63) is 48.4 Å². The molecule has 0 saturated carbocycles. The molecule has 2 saturated heterocycles. The molecule has 7 nitrogen and oxygen atoms in total. The van der Waals surface area contributed by atoms with Gasteiger partial charge in [0.15, 0.2) is 0 Å². The van der Waals surface area contributed by atoms with Crippen LogP contribution >= 0.6 is 0 Å². The Morgan fingerprint density at radius 1 is 1.13 bits per heavy atom. The highest BCUT2D eigenvalue weighted by molar-refractivity contribution is 5.82. The van der Waals surface area contributed by atoms with Crippen LogP contribution in [0, 0.1) is 0 Å². The first-order valence-electron chi connectivity index (χ1n) is 11.0. The number of carbonyl (C=O) groups is 1. The van der Waals surface area contributed by atoms with Crippen molar-refractivity contribution in [2.45, 2.75) is 38.1 Å². The van der Waals surface area contributed by atoms with Gasteiger partial charge in [0.25, 0.3) is 0 Å². The van der Waals surface area contributed by atoms with E-state index >= 15 is 0 Å². The molecule has 2 fully saturated rings. The number of hydrogen-bond donors (Lipinski definition) is 1. The van der Waals surface area contributed by atoms with E-state index in [0.717, 1.165) is 75.9 Å². The fourth-order valence-electron chi connectivity index (χ4n) is 4.39. The molecule has 4 heterocycles. The highest BCUT2D eigenvalue weighted by Crippen LogP contribution is 2.28. The van der Waals surface area contributed by atoms with E-state index in [0.29, 0.717) is 5.92 Å². The van der Waals surface area contributed by atoms with Crippen LogP contribution < -0.4 is 5.32 Å². The smallest absolute Gasteiger partial charge is 0.239 e. The van der Waals surface area contributed by atoms with Crippen molar-refractivity contribution in [1.82, 2.24) is 19.8 Å². The highest BCUT2D eigenvalue weighted by Gasteiger charge is 2.32. The second kappa shape index (κ2) is 10.00. The summed E-state index contributed by atoms with van der Waals surface area (Å²) in [5, 5.41) is 3.27. The van der Waals surface area contributed by atoms with Gasteiger partial charge in [0.05, 0.1) is 31.1 Å². The molecule has 2 aliphatic heterocycles. The third kappa shape index (κ3) is 4.96. The van der Waals surface area contributed by atoms with Gasteiger partial charge in [-0.15, -0.1) is 0 Å². The van der Waals surface area contributed by atoms with Crippen LogP contribution in [0.1, 0.15) is 37.8 Å². The van der Waals surface area contributed by atoms with Gasteiger partial charge in [-0.25, -0.2) is 4.98 Å². The molecule has 1 N–H and O–H groups in total. The summed E-state index contributed by atoms with van der Waals surface area (Å²) in [4.78, 5) is 26.4. The SMILES string of the molecule is CC[C@H](C(=O)N1CCC(c2ccc(Nc3ccccn3)cn2)CC1)N1CCOCC1. The van der Waals surface area contributed by atoms with Crippen molar-refractivity contribution in [2.24, 2.45) is 0 Å². The van der Waals surface area contributed by atoms with E-state index in [2.05, 4.69) is 44.1 Å². The zero-order valence-electron chi connectivity index (χ0n) is 17.7. The Labute approximate surface area is 178 Å². The first-order valence-corrected chi connectivity index (χ1v) is 11.0. The fourth-order valence-corrected chi connectivity index (χ4v) is 4.39. The fraction of sp³-hybridized carbons (Fsp3) is 0.522. The minimum atomic E-state index is -0.0134. The molecule has 2 aliphatic rings. The molecule has 2 aromatic rings. The molecule has 0 aliphatic carbocycles. The molecule has 2 aromatic heterocycles. The molecule has 0 radical (unpaired) electrons. The van der Waals surface area contributed by atoms with Crippen LogP contribution in [-0.2, 0) is 9.53 Å². The number of nitrogens with zero attached hydrogens (tertiary/aromatic N) is 4. The number of hydrogen-bond acceptors (Lipinski definition) is 6. The Morgan fingerprint density at radius 2 is 1.93 bits per heavy atom. The van der Waals surface area contributed by atoms with E-state index in [1.807, 2.05) is 24.4 Å². The van der Waals surface area contributed by atoms with E-state index in [1.54, 1.807) is 6.20 Å². The highest BCUT2D eigenvalue weighted by atomic mass is 16.5. The van der Waals surface area contributed by atoms with E-state index in [4.69, 9.17) is 4.74 Å². The third-order valence-electron chi connectivity index (χ3n) is 6.11. The largest absolute Gasteiger partial charge is 0.379 e. The first-order chi connectivity index (χ1) is 14.7. The predicted octanol–water partition coefficient (Wildman–Crippen LogP) is 3.04. The third-order valence-corrected chi connectivity index (χ3v) is 6.11. The van der Waals surface area contributed by atoms with Crippen LogP contribution in [0.4, 0.5) is 11.5 Å². The molecule has 7 heteroatoms. The van der Waals surface area contributed by atoms with Gasteiger partial charge in [0, 0.05) is 44.0 Å². The number of ether oxygens (including phenoxy) is 1. The number of nitrogens with one attached hydrogen (secondary N) is 1. The van der Waals surface area contributed by atoms with Crippen molar-refractivity contribution in [2.75, 3.05) is 44.7 Å². The Morgan fingerprint density at radius 3 is 2.57 bits per heavy atom. The van der Waals surface area contributed by atoms with Crippen molar-refractivity contribution in [3.8, 4) is 0 Å². The summed E-state index contributed by atoms with van der Waals surface area (Å²) in [6, 6.07) is 9.92. The number of rotatable bonds is 6. The van der Waals surface area contributed by atoms with Gasteiger partial charge in [-0.3, -0.25) is 14.7 Å². The molecular weight excluding hydrogens is 378 g/mol. The van der Waals surface area contributed by atoms with Gasteiger partial charge in [-0.2, -0.15) is 0 Å². The normalized spacial score (nSPS) is 19.4. The zero-order chi connectivity index (χ0) is 20.8. The number of likely N-dealkylation sites (tertiary alicyclic amines) is 1. The minimum absolute atomic E-state index is 0.0134. The van der Waals surface area contributed by atoms with Crippen molar-refractivity contribution in [1.29, 1.82) is 0 Å². The number of amides is 1. The van der Waals surface area contributed by atoms with Gasteiger partial charge >= 0.3 is 0 Å². The molecular formula is C23H31N5O2. The second-order valence-electron chi connectivity index (χ2n) is 7.98. The maximum Gasteiger partial charge on any atom is 0.239 e. The lowest BCUT2D eigenvalue weighted by atomic mass is 9.92. The standard InChI is InChI=1S/C23H31N5O2/c1-2-21(27-13-15-30-16-14-27)23(29)28-11-8-18(9-12-28)20-7-6-19(17-25-20)26-22-5-3-4-10-24-22/h3-7,10,17-18,21H,2,8-9,11-16H2,1H3,(H,24,26)/t21-/m1/s1. The van der Waals surface area contributed by atoms with E-state index in [1.165, 1.54) is 0 Å². The van der Waals surface area contributed by atoms with Crippen LogP contribution in [0.3, 0.4) is 0 Å². The lowest BCUT2D eigenvalue weighted by molar-refractivity contribution is -0.140. The van der Waals surface area contributed by atoms with Gasteiger partial charge in [-0.1, -0.05) is 13.0 Å². The first kappa shape index (κ1) is 20.8. The number of carbonyl (C=O) groups excluding carboxylic acids is 1. The number of aromatic nitrogens is 2. The van der Waals surface area contributed by atoms with Crippen LogP contribution in [0.5, 0.6) is 0 Å². The Balaban J connectivity index is 1.31. The second-order valence-corrected chi connectivity index (χ2v) is 7.98. The number of pyridine rings is 2. The molecule has 0 unspecified atom stereocenters. The lowest BCUT2D eigenvalue weighted by Gasteiger charge is -2.38. The summed E-state index contributed by atoms with van der Waals surface area (Å²) in [5.74, 6) is 1.49. The van der Waals surface area contributed by atoms with Gasteiger partial charge in [0.2, 0.25) is 5.91 Å². The molecule has 4 rings (SSSR count). The molecule has 0 bridgehead atoms. The van der Waals surface area contributed by atoms with E-state index in [9.17, 15) is 4.79 Å². The quantitative estimate of drug-likeness (QED) is 0.791. The summed E-state index contributed by atoms with van der Waals surface area (Å²) >= 11 is 0. The van der Waals surface area contributed by atoms with Crippen LogP contribution in [0.2, 0.25) is 0 Å². The lowest BCUT2D eigenvalue weighted by Crippen LogP contribution is -2.53. The maximum absolute atomic E-state index is 13.1. The van der Waals surface area contributed by atoms with Crippen molar-refractivity contribution in [3.63, 3.8) is 0 Å². The topological polar surface area (TPSA) is 70.6 Å². The monoisotopic (exact) mass is 409 g/mol. The van der Waals surface area contributed by atoms with Gasteiger partial charge in [0.1, 0.15) is 5.82 Å². The molecule has 1 atom stereocenters. The van der Waals surface area contributed by atoms with Gasteiger partial charge < -0.3 is 15.0 Å². The Bertz CT molecular complexity index is 800. The van der Waals surface area contributed by atoms with Crippen LogP contribution in [0.15, 0.2) is 42.7 Å². The van der Waals surface area contributed by atoms with E-state index in [-0.39, 0.29) is 11.9 Å². The average Bonchev–Trinajstić information content (AvgIpc) is 2.81. The molecule has 1 amide bonds. The molecule has 30 heavy (non-hydrogen) atoms. The number of anilines is 2. The summed E-state index contributed by atoms with van der Waals surface area (Å²) < 4.78 is 5.44. The van der Waals surface area contributed by atoms with Crippen LogP contribution in [0.25, 0.3) is 0 Å². The molecule has 0 aromatic carbocycles. The number of morpholine rings is 1. The minimum Gasteiger partial charge on any atom is -0.379 e. The molecule has 160 valence electrons. The summed E-state index contributed by atoms with van der Waals surface area (Å²) in [7, 11) is 0. The zero-order valence-corrected chi connectivity index (χ0v) is 17.7. The maximum atomic E-state index is 13.1. The van der Waals surface area contributed by atoms with E-state index < -0.39 is 0 Å². The van der Waals surface area contributed by atoms with Crippen molar-refractivity contribution < 1.29 is 9.53 Å². The van der Waals surface area contributed by atoms with Crippen molar-refractivity contribution >= 4 is 17.4 Å². The summed E-state index contributed by atoms with van der Waals surface area (Å²) in [6.45, 7) is 6.87. The number of piperidine rings is 1. The Kier molecular flexibility index (Phi) is 6.92. The summed E-state index contributed by atoms with van der Waals surface area (Å²) in [5.41, 5.74) is 2.04. The molecule has 0 spiro atoms. The average molecular weight is 410 g/mol.